The van der Waals surface area contributed by atoms with E-state index >= 15 is 0 Å². The summed E-state index contributed by atoms with van der Waals surface area (Å²) in [6, 6.07) is 7.97. The molecule has 44 heteroatoms. The standard InChI is InChI=1S/C88H145Cl2N5O35S2/c1-88(2)76-72-75(132(101,102)103)16-17-79(76)92(23-11-71-131-130-129-100)82(88)12-10-14-84-93(80-73-77(89)78(90)74-81(80)94(84)22-9-5-7-15-87(99)128-95-85(97)18-19-86(95)98)21-8-4-6-13-83(96)91-20-24-105-27-28-107-31-32-109-35-36-111-39-40-113-43-44-115-47-48-117-51-52-119-55-56-121-59-60-123-63-64-125-67-68-127-70-69-126-66-65-124-62-61-122-58-57-120-54-53-118-50-49-116-46-45-114-42-41-112-38-37-110-34-33-108-30-29-106-26-25-104-3/h10,12,14,16-17,72-74H,4-9,11,13,15,18-71H2,1-3H3,(H2-,91,96,100,101,102,103)/p-1. The minimum absolute atomic E-state index is 0.00373. The van der Waals surface area contributed by atoms with Crippen molar-refractivity contribution in [1.29, 1.82) is 0 Å². The summed E-state index contributed by atoms with van der Waals surface area (Å²) < 4.78 is 178. The van der Waals surface area contributed by atoms with Gasteiger partial charge in [-0.3, -0.25) is 19.4 Å². The van der Waals surface area contributed by atoms with Gasteiger partial charge in [-0.1, -0.05) is 43.1 Å². The summed E-state index contributed by atoms with van der Waals surface area (Å²) in [5.41, 5.74) is 3.00. The summed E-state index contributed by atoms with van der Waals surface area (Å²) in [6.45, 7) is 27.4. The highest BCUT2D eigenvalue weighted by Gasteiger charge is 2.40. The van der Waals surface area contributed by atoms with Crippen LogP contribution in [0.3, 0.4) is 0 Å². The number of halogens is 2. The molecule has 0 atom stereocenters. The molecule has 1 fully saturated rings. The van der Waals surface area contributed by atoms with Gasteiger partial charge in [0.25, 0.3) is 17.6 Å². The van der Waals surface area contributed by atoms with Crippen molar-refractivity contribution >= 4 is 91.9 Å². The van der Waals surface area contributed by atoms with Gasteiger partial charge in [0.05, 0.1) is 339 Å². The van der Waals surface area contributed by atoms with Gasteiger partial charge >= 0.3 is 5.97 Å². The van der Waals surface area contributed by atoms with Gasteiger partial charge in [0.1, 0.15) is 10.1 Å². The van der Waals surface area contributed by atoms with E-state index in [1.54, 1.807) is 13.2 Å². The topological polar surface area (TPSA) is 425 Å². The molecule has 3 aromatic rings. The first-order valence-corrected chi connectivity index (χ1v) is 48.5. The van der Waals surface area contributed by atoms with E-state index in [2.05, 4.69) is 23.8 Å². The molecular weight excluding hydrogens is 1820 g/mol. The zero-order chi connectivity index (χ0) is 94.5. The van der Waals surface area contributed by atoms with Crippen LogP contribution in [0.5, 0.6) is 0 Å². The van der Waals surface area contributed by atoms with Crippen molar-refractivity contribution in [2.24, 2.45) is 0 Å². The Balaban J connectivity index is 0.744. The minimum Gasteiger partial charge on any atom is -0.744 e. The lowest BCUT2D eigenvalue weighted by Crippen LogP contribution is -2.36. The number of allylic oxidation sites excluding steroid dienone is 3. The van der Waals surface area contributed by atoms with Crippen LogP contribution in [0.1, 0.15) is 95.9 Å². The molecule has 2 aliphatic rings. The molecule has 0 bridgehead atoms. The Kier molecular flexibility index (Phi) is 70.2. The number of hydroxylamine groups is 2. The van der Waals surface area contributed by atoms with Gasteiger partial charge in [0.2, 0.25) is 5.91 Å². The Morgan fingerprint density at radius 3 is 1.21 bits per heavy atom. The molecule has 1 aromatic heterocycles. The van der Waals surface area contributed by atoms with Gasteiger partial charge in [0.15, 0.2) is 11.0 Å². The first-order chi connectivity index (χ1) is 64.6. The largest absolute Gasteiger partial charge is 0.744 e. The number of imide groups is 1. The number of ether oxygens (including phenoxy) is 24. The molecule has 0 unspecified atom stereocenters. The molecule has 3 heterocycles. The molecule has 0 aliphatic carbocycles. The predicted octanol–water partition coefficient (Wildman–Crippen LogP) is 5.97. The van der Waals surface area contributed by atoms with Crippen molar-refractivity contribution in [3.05, 3.63) is 69.6 Å². The quantitative estimate of drug-likeness (QED) is 0.0129. The summed E-state index contributed by atoms with van der Waals surface area (Å²) in [4.78, 5) is 56.5. The van der Waals surface area contributed by atoms with E-state index in [-0.39, 0.29) is 30.1 Å². The number of carbonyl (C=O) groups excluding carboxylic acids is 4. The molecule has 0 spiro atoms. The van der Waals surface area contributed by atoms with E-state index in [1.807, 2.05) is 49.1 Å². The number of nitrogens with one attached hydrogen (secondary N) is 1. The third-order valence-electron chi connectivity index (χ3n) is 19.4. The number of fused-ring (bicyclic) bond motifs is 2. The molecule has 758 valence electrons. The second kappa shape index (κ2) is 78.9. The third kappa shape index (κ3) is 55.6. The number of rotatable bonds is 94. The zero-order valence-corrected chi connectivity index (χ0v) is 80.5. The summed E-state index contributed by atoms with van der Waals surface area (Å²) in [5.74, 6) is -0.681. The van der Waals surface area contributed by atoms with E-state index in [0.29, 0.717) is 414 Å². The summed E-state index contributed by atoms with van der Waals surface area (Å²) in [5, 5.41) is 18.2. The smallest absolute Gasteiger partial charge is 0.333 e. The molecule has 1 N–H and O–H groups in total. The second-order valence-electron chi connectivity index (χ2n) is 29.6. The molecule has 5 rings (SSSR count). The Labute approximate surface area is 791 Å². The SMILES string of the molecule is COCCOCCOCCOCCOCCOCCOCCOCCOCCOCCOCCOCCOCCOCCOCCOCCOCCOCCOCCOCCOCCOCCOCCOCCNC(=O)CCCCC[n+]1c(C=CC=C2N(CCCSOO[O-])c3ccc(S(=O)(=O)[O-])cc3C2(C)C)n(CCCCCC(=O)ON2C(=O)CCC2=O)c2cc(Cl)c(Cl)cc21. The van der Waals surface area contributed by atoms with Crippen molar-refractivity contribution in [1.82, 2.24) is 14.9 Å². The van der Waals surface area contributed by atoms with Crippen LogP contribution in [-0.4, -0.2) is 383 Å². The number of methoxy groups -OCH3 is 1. The average Bonchev–Trinajstić information content (AvgIpc) is 1.59. The summed E-state index contributed by atoms with van der Waals surface area (Å²) in [7, 11) is -3.13. The number of hydrogen-bond donors (Lipinski definition) is 1. The van der Waals surface area contributed by atoms with Crippen LogP contribution >= 0.6 is 35.2 Å². The average molecular weight is 1970 g/mol. The number of aromatic nitrogens is 2. The van der Waals surface area contributed by atoms with E-state index in [9.17, 15) is 37.4 Å². The molecule has 2 aromatic carbocycles. The van der Waals surface area contributed by atoms with Crippen molar-refractivity contribution < 1.29 is 170 Å². The van der Waals surface area contributed by atoms with Crippen LogP contribution in [0.4, 0.5) is 5.69 Å². The van der Waals surface area contributed by atoms with Crippen LogP contribution in [0, 0.1) is 0 Å². The molecule has 132 heavy (non-hydrogen) atoms. The molecule has 0 saturated carbocycles. The fourth-order valence-electron chi connectivity index (χ4n) is 12.8. The van der Waals surface area contributed by atoms with Gasteiger partial charge in [-0.25, -0.2) is 22.3 Å². The number of nitrogens with zero attached hydrogens (tertiary/aromatic N) is 4. The lowest BCUT2D eigenvalue weighted by atomic mass is 9.83. The highest BCUT2D eigenvalue weighted by atomic mass is 35.5. The van der Waals surface area contributed by atoms with Gasteiger partial charge in [-0.05, 0) is 74.8 Å². The fraction of sp³-hybridized carbons (Fsp3) is 0.761. The molecule has 0 radical (unpaired) electrons. The first kappa shape index (κ1) is 118. The molecular formula is C88H144Cl2N5O35S2-. The van der Waals surface area contributed by atoms with E-state index in [4.69, 9.17) is 142 Å². The maximum Gasteiger partial charge on any atom is 0.333 e. The number of aryl methyl sites for hydroxylation is 2. The lowest BCUT2D eigenvalue weighted by Gasteiger charge is -2.27. The van der Waals surface area contributed by atoms with Crippen LogP contribution < -0.4 is 20.0 Å². The summed E-state index contributed by atoms with van der Waals surface area (Å²) >= 11 is 14.3. The second-order valence-corrected chi connectivity index (χ2v) is 32.6. The molecule has 3 amide bonds. The number of anilines is 1. The molecule has 2 aliphatic heterocycles. The fourth-order valence-corrected chi connectivity index (χ4v) is 14.0. The van der Waals surface area contributed by atoms with Crippen LogP contribution in [0.25, 0.3) is 17.1 Å². The van der Waals surface area contributed by atoms with Gasteiger partial charge in [0, 0.05) is 98.7 Å². The Hall–Kier alpha value is -4.97. The number of benzene rings is 2. The highest BCUT2D eigenvalue weighted by Crippen LogP contribution is 2.49. The zero-order valence-electron chi connectivity index (χ0n) is 77.3. The van der Waals surface area contributed by atoms with Crippen molar-refractivity contribution in [2.45, 2.75) is 108 Å². The Morgan fingerprint density at radius 2 is 0.833 bits per heavy atom. The maximum absolute atomic E-state index is 12.9. The number of carbonyl (C=O) groups is 4. The lowest BCUT2D eigenvalue weighted by molar-refractivity contribution is -0.777. The normalized spacial score (nSPS) is 13.8. The maximum atomic E-state index is 12.9. The number of hydrogen-bond acceptors (Lipinski definition) is 37. The third-order valence-corrected chi connectivity index (χ3v) is 21.6. The van der Waals surface area contributed by atoms with E-state index in [0.717, 1.165) is 40.3 Å². The van der Waals surface area contributed by atoms with Gasteiger partial charge in [-0.15, -0.1) is 5.06 Å². The van der Waals surface area contributed by atoms with Crippen molar-refractivity contribution in [3.8, 4) is 0 Å². The van der Waals surface area contributed by atoms with E-state index in [1.165, 1.54) is 12.1 Å². The van der Waals surface area contributed by atoms with Gasteiger partial charge in [-0.2, -0.15) is 4.33 Å². The number of amides is 3. The van der Waals surface area contributed by atoms with Crippen LogP contribution in [0.2, 0.25) is 10.0 Å². The predicted molar refractivity (Wildman–Crippen MR) is 481 cm³/mol. The van der Waals surface area contributed by atoms with Crippen LogP contribution in [0.15, 0.2) is 53.1 Å². The minimum atomic E-state index is -4.77. The molecule has 40 nitrogen and oxygen atoms in total. The first-order valence-electron chi connectivity index (χ1n) is 45.4. The van der Waals surface area contributed by atoms with Crippen molar-refractivity contribution in [2.75, 3.05) is 341 Å². The Bertz CT molecular complexity index is 3620. The molecule has 1 saturated heterocycles. The van der Waals surface area contributed by atoms with E-state index < -0.39 is 33.3 Å². The van der Waals surface area contributed by atoms with Crippen LogP contribution in [-0.2, 0) is 176 Å². The van der Waals surface area contributed by atoms with Gasteiger partial charge < -0.3 is 139 Å². The number of unbranched alkanes of at least 4 members (excludes halogenated alkanes) is 4. The highest BCUT2D eigenvalue weighted by molar-refractivity contribution is 7.94. The Morgan fingerprint density at radius 1 is 0.470 bits per heavy atom. The van der Waals surface area contributed by atoms with Crippen molar-refractivity contribution in [3.63, 3.8) is 0 Å². The summed E-state index contributed by atoms with van der Waals surface area (Å²) in [6.07, 6.45) is 10.3. The monoisotopic (exact) mass is 1960 g/mol. The number of imidazole rings is 1.